The Morgan fingerprint density at radius 2 is 1.61 bits per heavy atom. The van der Waals surface area contributed by atoms with Crippen LogP contribution in [-0.2, 0) is 11.0 Å². The van der Waals surface area contributed by atoms with E-state index in [1.807, 2.05) is 30.6 Å². The van der Waals surface area contributed by atoms with Crippen LogP contribution in [0, 0.1) is 13.8 Å². The van der Waals surface area contributed by atoms with Gasteiger partial charge in [-0.15, -0.1) is 0 Å². The lowest BCUT2D eigenvalue weighted by Gasteiger charge is -2.52. The normalized spacial score (nSPS) is 21.8. The molecule has 3 heterocycles. The van der Waals surface area contributed by atoms with Crippen LogP contribution in [0.5, 0.6) is 0 Å². The number of rotatable bonds is 5. The number of aromatic nitrogens is 2. The van der Waals surface area contributed by atoms with Crippen LogP contribution < -0.4 is 0 Å². The van der Waals surface area contributed by atoms with Crippen molar-refractivity contribution in [3.8, 4) is 0 Å². The van der Waals surface area contributed by atoms with Gasteiger partial charge in [0.25, 0.3) is 5.91 Å². The van der Waals surface area contributed by atoms with Crippen LogP contribution >= 0.6 is 0 Å². The molecule has 0 unspecified atom stereocenters. The summed E-state index contributed by atoms with van der Waals surface area (Å²) in [7, 11) is 0. The Labute approximate surface area is 220 Å². The number of carbonyl (C=O) groups is 2. The van der Waals surface area contributed by atoms with E-state index in [9.17, 15) is 27.9 Å². The minimum Gasteiger partial charge on any atom is -0.480 e. The number of amides is 1. The highest BCUT2D eigenvalue weighted by molar-refractivity contribution is 5.96. The molecule has 2 aromatic rings. The molecule has 0 spiro atoms. The summed E-state index contributed by atoms with van der Waals surface area (Å²) in [5.74, 6) is -1.14. The Balaban J connectivity index is 1.41. The molecule has 0 saturated carbocycles. The Morgan fingerprint density at radius 1 is 1.03 bits per heavy atom. The molecule has 1 aromatic heterocycles. The van der Waals surface area contributed by atoms with Crippen LogP contribution in [-0.4, -0.2) is 86.0 Å². The van der Waals surface area contributed by atoms with Crippen molar-refractivity contribution in [1.82, 2.24) is 24.7 Å². The predicted octanol–water partition coefficient (Wildman–Crippen LogP) is 3.94. The van der Waals surface area contributed by atoms with E-state index < -0.39 is 23.8 Å². The number of piperazine rings is 1. The number of nitrogens with zero attached hydrogens (tertiary/aromatic N) is 5. The van der Waals surface area contributed by atoms with Crippen LogP contribution in [0.1, 0.15) is 65.6 Å². The maximum absolute atomic E-state index is 13.2. The smallest absolute Gasteiger partial charge is 0.416 e. The van der Waals surface area contributed by atoms with Gasteiger partial charge in [-0.25, -0.2) is 9.97 Å². The first-order valence-corrected chi connectivity index (χ1v) is 12.8. The van der Waals surface area contributed by atoms with E-state index >= 15 is 0 Å². The van der Waals surface area contributed by atoms with Crippen molar-refractivity contribution in [1.29, 1.82) is 0 Å². The minimum atomic E-state index is -4.47. The summed E-state index contributed by atoms with van der Waals surface area (Å²) in [5.41, 5.74) is 1.27. The van der Waals surface area contributed by atoms with E-state index in [1.54, 1.807) is 0 Å². The lowest BCUT2D eigenvalue weighted by molar-refractivity contribution is -0.146. The highest BCUT2D eigenvalue weighted by Gasteiger charge is 2.42. The third-order valence-electron chi connectivity index (χ3n) is 8.13. The Bertz CT molecular complexity index is 1160. The van der Waals surface area contributed by atoms with Crippen molar-refractivity contribution >= 4 is 11.9 Å². The monoisotopic (exact) mass is 533 g/mol. The van der Waals surface area contributed by atoms with Gasteiger partial charge in [0.1, 0.15) is 12.4 Å². The zero-order valence-corrected chi connectivity index (χ0v) is 22.1. The molecule has 0 aliphatic carbocycles. The molecule has 2 atom stereocenters. The van der Waals surface area contributed by atoms with Gasteiger partial charge in [-0.2, -0.15) is 13.2 Å². The van der Waals surface area contributed by atoms with Gasteiger partial charge in [0.15, 0.2) is 0 Å². The third-order valence-corrected chi connectivity index (χ3v) is 8.13. The highest BCUT2D eigenvalue weighted by Crippen LogP contribution is 2.35. The van der Waals surface area contributed by atoms with E-state index in [-0.39, 0.29) is 17.5 Å². The number of piperidine rings is 1. The van der Waals surface area contributed by atoms with Gasteiger partial charge in [-0.3, -0.25) is 19.4 Å². The highest BCUT2D eigenvalue weighted by atomic mass is 19.4. The summed E-state index contributed by atoms with van der Waals surface area (Å²) < 4.78 is 38.9. The fraction of sp³-hybridized carbons (Fsp3) is 0.556. The Morgan fingerprint density at radius 3 is 2.11 bits per heavy atom. The second-order valence-corrected chi connectivity index (χ2v) is 10.6. The number of hydrogen-bond acceptors (Lipinski definition) is 6. The zero-order chi connectivity index (χ0) is 27.8. The SMILES string of the molecule is Cc1ncnc(C)c1C(=O)N1CCC(C)(N2CCN([C@@H](C(=O)O)c3ccc(C(F)(F)F)cc3)[C@@H](C)C2)CC1. The summed E-state index contributed by atoms with van der Waals surface area (Å²) in [4.78, 5) is 39.8. The van der Waals surface area contributed by atoms with Crippen molar-refractivity contribution in [2.75, 3.05) is 32.7 Å². The van der Waals surface area contributed by atoms with Crippen molar-refractivity contribution in [2.24, 2.45) is 0 Å². The summed E-state index contributed by atoms with van der Waals surface area (Å²) >= 11 is 0. The maximum Gasteiger partial charge on any atom is 0.416 e. The molecule has 0 bridgehead atoms. The molecular weight excluding hydrogens is 499 g/mol. The Kier molecular flexibility index (Phi) is 7.81. The minimum absolute atomic E-state index is 0.0540. The molecular formula is C27H34F3N5O3. The van der Waals surface area contributed by atoms with Crippen LogP contribution in [0.4, 0.5) is 13.2 Å². The summed E-state index contributed by atoms with van der Waals surface area (Å²) in [5, 5.41) is 9.98. The van der Waals surface area contributed by atoms with Crippen molar-refractivity contribution < 1.29 is 27.9 Å². The van der Waals surface area contributed by atoms with Crippen LogP contribution in [0.25, 0.3) is 0 Å². The average Bonchev–Trinajstić information content (AvgIpc) is 2.85. The number of alkyl halides is 3. The van der Waals surface area contributed by atoms with E-state index in [2.05, 4.69) is 21.8 Å². The topological polar surface area (TPSA) is 89.9 Å². The number of carboxylic acid groups (broad SMARTS) is 1. The molecule has 206 valence electrons. The fourth-order valence-electron chi connectivity index (χ4n) is 5.74. The van der Waals surface area contributed by atoms with Crippen molar-refractivity contribution in [3.63, 3.8) is 0 Å². The van der Waals surface area contributed by atoms with E-state index in [1.165, 1.54) is 18.5 Å². The summed E-state index contributed by atoms with van der Waals surface area (Å²) in [6, 6.07) is 3.24. The molecule has 8 nitrogen and oxygen atoms in total. The lowest BCUT2D eigenvalue weighted by Crippen LogP contribution is -2.62. The van der Waals surface area contributed by atoms with Gasteiger partial charge in [0.05, 0.1) is 22.5 Å². The lowest BCUT2D eigenvalue weighted by atomic mass is 9.86. The second kappa shape index (κ2) is 10.6. The predicted molar refractivity (Wildman–Crippen MR) is 135 cm³/mol. The molecule has 2 aliphatic heterocycles. The van der Waals surface area contributed by atoms with E-state index in [4.69, 9.17) is 0 Å². The molecule has 1 aromatic carbocycles. The molecule has 2 fully saturated rings. The largest absolute Gasteiger partial charge is 0.480 e. The molecule has 2 saturated heterocycles. The molecule has 2 aliphatic rings. The van der Waals surface area contributed by atoms with Gasteiger partial charge in [0.2, 0.25) is 0 Å². The quantitative estimate of drug-likeness (QED) is 0.623. The van der Waals surface area contributed by atoms with Gasteiger partial charge in [0, 0.05) is 44.3 Å². The fourth-order valence-corrected chi connectivity index (χ4v) is 5.74. The molecule has 1 amide bonds. The second-order valence-electron chi connectivity index (χ2n) is 10.6. The van der Waals surface area contributed by atoms with Crippen LogP contribution in [0.3, 0.4) is 0 Å². The molecule has 0 radical (unpaired) electrons. The van der Waals surface area contributed by atoms with Crippen molar-refractivity contribution in [2.45, 2.75) is 64.3 Å². The molecule has 4 rings (SSSR count). The number of likely N-dealkylation sites (tertiary alicyclic amines) is 1. The first kappa shape index (κ1) is 28.0. The van der Waals surface area contributed by atoms with E-state index in [0.717, 1.165) is 25.0 Å². The van der Waals surface area contributed by atoms with Crippen LogP contribution in [0.15, 0.2) is 30.6 Å². The number of carboxylic acids is 1. The number of aliphatic carboxylic acids is 1. The summed E-state index contributed by atoms with van der Waals surface area (Å²) in [6.45, 7) is 10.7. The van der Waals surface area contributed by atoms with E-state index in [0.29, 0.717) is 55.2 Å². The number of hydrogen-bond donors (Lipinski definition) is 1. The molecule has 38 heavy (non-hydrogen) atoms. The average molecular weight is 534 g/mol. The Hall–Kier alpha value is -3.05. The number of aryl methyl sites for hydroxylation is 2. The third kappa shape index (κ3) is 5.54. The first-order chi connectivity index (χ1) is 17.8. The number of carbonyl (C=O) groups excluding carboxylic acids is 1. The van der Waals surface area contributed by atoms with Gasteiger partial charge in [-0.1, -0.05) is 12.1 Å². The first-order valence-electron chi connectivity index (χ1n) is 12.8. The molecule has 11 heteroatoms. The standard InChI is InChI=1S/C27H34F3N5O3/c1-17-15-34(13-14-35(17)23(25(37)38)20-5-7-21(8-6-20)27(28,29)30)26(4)9-11-33(12-10-26)24(36)22-18(2)31-16-32-19(22)3/h5-8,16-17,23H,9-15H2,1-4H3,(H,37,38)/t17-,23+/m0/s1. The van der Waals surface area contributed by atoms with Crippen LogP contribution in [0.2, 0.25) is 0 Å². The maximum atomic E-state index is 13.2. The van der Waals surface area contributed by atoms with Crippen molar-refractivity contribution in [3.05, 3.63) is 58.7 Å². The van der Waals surface area contributed by atoms with Gasteiger partial charge in [-0.05, 0) is 58.2 Å². The van der Waals surface area contributed by atoms with Gasteiger partial charge >= 0.3 is 12.1 Å². The zero-order valence-electron chi connectivity index (χ0n) is 22.1. The molecule has 1 N–H and O–H groups in total. The number of benzene rings is 1. The summed E-state index contributed by atoms with van der Waals surface area (Å²) in [6.07, 6.45) is -1.46. The van der Waals surface area contributed by atoms with Gasteiger partial charge < -0.3 is 10.0 Å². The number of halogens is 3.